The second kappa shape index (κ2) is 6.61. The van der Waals surface area contributed by atoms with Gasteiger partial charge < -0.3 is 9.64 Å². The Morgan fingerprint density at radius 1 is 0.880 bits per heavy atom. The molecule has 1 fully saturated rings. The van der Waals surface area contributed by atoms with Crippen LogP contribution in [-0.4, -0.2) is 29.0 Å². The molecule has 1 aromatic heterocycles. The third-order valence-electron chi connectivity index (χ3n) is 3.63. The van der Waals surface area contributed by atoms with Crippen molar-refractivity contribution in [1.82, 2.24) is 9.97 Å². The Labute approximate surface area is 138 Å². The highest BCUT2D eigenvalue weighted by Gasteiger charge is 2.29. The maximum absolute atomic E-state index is 13.5. The van der Waals surface area contributed by atoms with Crippen LogP contribution in [0.2, 0.25) is 0 Å². The van der Waals surface area contributed by atoms with Crippen molar-refractivity contribution in [3.8, 4) is 5.75 Å². The van der Waals surface area contributed by atoms with Crippen molar-refractivity contribution < 1.29 is 31.5 Å². The molecule has 1 saturated heterocycles. The van der Waals surface area contributed by atoms with Crippen molar-refractivity contribution in [2.45, 2.75) is 12.8 Å². The summed E-state index contributed by atoms with van der Waals surface area (Å²) in [4.78, 5) is 21.6. The van der Waals surface area contributed by atoms with E-state index >= 15 is 0 Å². The average molecular weight is 359 g/mol. The summed E-state index contributed by atoms with van der Waals surface area (Å²) in [5, 5.41) is 0. The van der Waals surface area contributed by atoms with Gasteiger partial charge in [0.25, 0.3) is 0 Å². The van der Waals surface area contributed by atoms with Gasteiger partial charge in [0, 0.05) is 25.5 Å². The first-order valence-electron chi connectivity index (χ1n) is 7.20. The summed E-state index contributed by atoms with van der Waals surface area (Å²) in [6.07, 6.45) is 4.06. The molecule has 1 aromatic carbocycles. The molecule has 0 N–H and O–H groups in total. The summed E-state index contributed by atoms with van der Waals surface area (Å²) >= 11 is 0. The van der Waals surface area contributed by atoms with Crippen molar-refractivity contribution >= 4 is 11.9 Å². The van der Waals surface area contributed by atoms with Gasteiger partial charge in [-0.1, -0.05) is 0 Å². The SMILES string of the molecule is O=C(Oc1c(F)c(F)c(F)c(F)c1F)c1cnc(N2CCCC2)nc1. The van der Waals surface area contributed by atoms with E-state index in [0.717, 1.165) is 38.3 Å². The molecule has 0 spiro atoms. The standard InChI is InChI=1S/C15H10F5N3O2/c16-8-9(17)11(19)13(12(20)10(8)18)25-14(24)7-5-21-15(22-6-7)23-3-1-2-4-23/h5-6H,1-4H2. The van der Waals surface area contributed by atoms with Crippen LogP contribution in [0.5, 0.6) is 5.75 Å². The van der Waals surface area contributed by atoms with Gasteiger partial charge in [-0.3, -0.25) is 0 Å². The van der Waals surface area contributed by atoms with Crippen molar-refractivity contribution in [3.05, 3.63) is 47.0 Å². The first kappa shape index (κ1) is 17.1. The van der Waals surface area contributed by atoms with Gasteiger partial charge >= 0.3 is 5.97 Å². The Morgan fingerprint density at radius 3 is 1.88 bits per heavy atom. The number of hydrogen-bond acceptors (Lipinski definition) is 5. The van der Waals surface area contributed by atoms with E-state index in [2.05, 4.69) is 14.7 Å². The number of carbonyl (C=O) groups excluding carboxylic acids is 1. The van der Waals surface area contributed by atoms with Crippen LogP contribution in [0.15, 0.2) is 12.4 Å². The molecule has 10 heteroatoms. The summed E-state index contributed by atoms with van der Waals surface area (Å²) in [5.74, 6) is -13.9. The maximum Gasteiger partial charge on any atom is 0.346 e. The third kappa shape index (κ3) is 3.11. The minimum absolute atomic E-state index is 0.299. The van der Waals surface area contributed by atoms with Crippen LogP contribution < -0.4 is 9.64 Å². The van der Waals surface area contributed by atoms with Crippen LogP contribution in [0.3, 0.4) is 0 Å². The highest BCUT2D eigenvalue weighted by atomic mass is 19.2. The van der Waals surface area contributed by atoms with Gasteiger partial charge in [-0.15, -0.1) is 0 Å². The average Bonchev–Trinajstić information content (AvgIpc) is 3.16. The number of nitrogens with zero attached hydrogens (tertiary/aromatic N) is 3. The molecule has 25 heavy (non-hydrogen) atoms. The number of carbonyl (C=O) groups is 1. The minimum atomic E-state index is -2.34. The lowest BCUT2D eigenvalue weighted by Gasteiger charge is -2.14. The fourth-order valence-electron chi connectivity index (χ4n) is 2.33. The van der Waals surface area contributed by atoms with Crippen LogP contribution >= 0.6 is 0 Å². The third-order valence-corrected chi connectivity index (χ3v) is 3.63. The lowest BCUT2D eigenvalue weighted by molar-refractivity contribution is 0.0715. The highest BCUT2D eigenvalue weighted by Crippen LogP contribution is 2.29. The number of aromatic nitrogens is 2. The molecule has 0 aliphatic carbocycles. The number of hydrogen-bond donors (Lipinski definition) is 0. The molecule has 0 atom stereocenters. The fourth-order valence-corrected chi connectivity index (χ4v) is 2.33. The zero-order chi connectivity index (χ0) is 18.1. The molecule has 0 unspecified atom stereocenters. The minimum Gasteiger partial charge on any atom is -0.416 e. The molecule has 2 aromatic rings. The summed E-state index contributed by atoms with van der Waals surface area (Å²) in [6, 6.07) is 0. The van der Waals surface area contributed by atoms with E-state index < -0.39 is 40.8 Å². The number of ether oxygens (including phenoxy) is 1. The molecule has 1 aliphatic rings. The number of halogens is 5. The zero-order valence-corrected chi connectivity index (χ0v) is 12.5. The Balaban J connectivity index is 1.83. The van der Waals surface area contributed by atoms with Gasteiger partial charge in [0.15, 0.2) is 0 Å². The normalized spacial score (nSPS) is 14.0. The van der Waals surface area contributed by atoms with Crippen LogP contribution in [0, 0.1) is 29.1 Å². The smallest absolute Gasteiger partial charge is 0.346 e. The summed E-state index contributed by atoms with van der Waals surface area (Å²) in [7, 11) is 0. The number of esters is 1. The Morgan fingerprint density at radius 2 is 1.36 bits per heavy atom. The summed E-state index contributed by atoms with van der Waals surface area (Å²) in [6.45, 7) is 1.52. The second-order valence-electron chi connectivity index (χ2n) is 5.25. The first-order chi connectivity index (χ1) is 11.9. The second-order valence-corrected chi connectivity index (χ2v) is 5.25. The molecule has 5 nitrogen and oxygen atoms in total. The van der Waals surface area contributed by atoms with E-state index in [4.69, 9.17) is 0 Å². The van der Waals surface area contributed by atoms with Crippen molar-refractivity contribution in [2.75, 3.05) is 18.0 Å². The highest BCUT2D eigenvalue weighted by molar-refractivity contribution is 5.90. The lowest BCUT2D eigenvalue weighted by atomic mass is 10.2. The van der Waals surface area contributed by atoms with Crippen LogP contribution in [0.1, 0.15) is 23.2 Å². The molecule has 0 bridgehead atoms. The van der Waals surface area contributed by atoms with Gasteiger partial charge in [-0.05, 0) is 12.8 Å². The zero-order valence-electron chi connectivity index (χ0n) is 12.5. The van der Waals surface area contributed by atoms with Gasteiger partial charge in [-0.25, -0.2) is 27.9 Å². The summed E-state index contributed by atoms with van der Waals surface area (Å²) < 4.78 is 70.5. The monoisotopic (exact) mass is 359 g/mol. The van der Waals surface area contributed by atoms with Crippen molar-refractivity contribution in [3.63, 3.8) is 0 Å². The molecule has 3 rings (SSSR count). The van der Waals surface area contributed by atoms with Crippen molar-refractivity contribution in [2.24, 2.45) is 0 Å². The molecule has 2 heterocycles. The quantitative estimate of drug-likeness (QED) is 0.277. The lowest BCUT2D eigenvalue weighted by Crippen LogP contribution is -2.21. The predicted molar refractivity (Wildman–Crippen MR) is 74.7 cm³/mol. The molecule has 0 amide bonds. The first-order valence-corrected chi connectivity index (χ1v) is 7.20. The van der Waals surface area contributed by atoms with Crippen LogP contribution in [-0.2, 0) is 0 Å². The number of anilines is 1. The fraction of sp³-hybridized carbons (Fsp3) is 0.267. The molecule has 0 saturated carbocycles. The molecule has 132 valence electrons. The van der Waals surface area contributed by atoms with Gasteiger partial charge in [0.2, 0.25) is 40.8 Å². The van der Waals surface area contributed by atoms with E-state index in [1.165, 1.54) is 0 Å². The van der Waals surface area contributed by atoms with Gasteiger partial charge in [-0.2, -0.15) is 8.78 Å². The Bertz CT molecular complexity index is 794. The number of rotatable bonds is 3. The molecule has 1 aliphatic heterocycles. The Hall–Kier alpha value is -2.78. The van der Waals surface area contributed by atoms with Gasteiger partial charge in [0.05, 0.1) is 5.56 Å². The van der Waals surface area contributed by atoms with E-state index in [9.17, 15) is 26.7 Å². The Kier molecular flexibility index (Phi) is 4.51. The van der Waals surface area contributed by atoms with E-state index in [1.807, 2.05) is 4.90 Å². The predicted octanol–water partition coefficient (Wildman–Crippen LogP) is 2.99. The molecular weight excluding hydrogens is 349 g/mol. The van der Waals surface area contributed by atoms with Crippen LogP contribution in [0.25, 0.3) is 0 Å². The van der Waals surface area contributed by atoms with E-state index in [1.54, 1.807) is 0 Å². The van der Waals surface area contributed by atoms with Crippen LogP contribution in [0.4, 0.5) is 27.9 Å². The van der Waals surface area contributed by atoms with Gasteiger partial charge in [0.1, 0.15) is 0 Å². The molecule has 0 radical (unpaired) electrons. The largest absolute Gasteiger partial charge is 0.416 e. The van der Waals surface area contributed by atoms with Crippen molar-refractivity contribution in [1.29, 1.82) is 0 Å². The number of benzene rings is 1. The topological polar surface area (TPSA) is 55.3 Å². The maximum atomic E-state index is 13.5. The summed E-state index contributed by atoms with van der Waals surface area (Å²) in [5.41, 5.74) is -0.299. The molecular formula is C15H10F5N3O2. The van der Waals surface area contributed by atoms with E-state index in [0.29, 0.717) is 5.95 Å². The van der Waals surface area contributed by atoms with E-state index in [-0.39, 0.29) is 5.56 Å².